The van der Waals surface area contributed by atoms with Crippen LogP contribution >= 0.6 is 0 Å². The number of aryl methyl sites for hydroxylation is 1. The predicted molar refractivity (Wildman–Crippen MR) is 142 cm³/mol. The first-order valence-corrected chi connectivity index (χ1v) is 12.3. The van der Waals surface area contributed by atoms with Gasteiger partial charge in [-0.1, -0.05) is 13.3 Å². The third-order valence-corrected chi connectivity index (χ3v) is 5.20. The van der Waals surface area contributed by atoms with Crippen molar-refractivity contribution in [2.45, 2.75) is 68.2 Å². The Balaban J connectivity index is 2.30. The summed E-state index contributed by atoms with van der Waals surface area (Å²) in [5.74, 6) is 0.526. The fourth-order valence-corrected chi connectivity index (χ4v) is 3.06. The monoisotopic (exact) mass is 494 g/mol. The molecular formula is C30H38O6. The molecule has 0 saturated heterocycles. The molecule has 0 spiro atoms. The molecule has 6 nitrogen and oxygen atoms in total. The predicted octanol–water partition coefficient (Wildman–Crippen LogP) is 6.84. The van der Waals surface area contributed by atoms with Crippen molar-refractivity contribution < 1.29 is 28.6 Å². The SMILES string of the molecule is CCCc1cc(C=CC(=O)c2ccc(OC(=O)C(C)(C)C)cc2)c(OCC)cc1OC(=O)C(C)(C)C. The summed E-state index contributed by atoms with van der Waals surface area (Å²) < 4.78 is 16.9. The normalized spacial score (nSPS) is 11.9. The van der Waals surface area contributed by atoms with E-state index in [9.17, 15) is 14.4 Å². The summed E-state index contributed by atoms with van der Waals surface area (Å²) in [4.78, 5) is 37.4. The van der Waals surface area contributed by atoms with Gasteiger partial charge in [-0.25, -0.2) is 0 Å². The first-order chi connectivity index (χ1) is 16.8. The Bertz CT molecular complexity index is 1110. The molecule has 0 unspecified atom stereocenters. The van der Waals surface area contributed by atoms with E-state index in [1.54, 1.807) is 57.2 Å². The van der Waals surface area contributed by atoms with E-state index in [0.29, 0.717) is 35.8 Å². The van der Waals surface area contributed by atoms with Crippen LogP contribution in [0, 0.1) is 10.8 Å². The summed E-state index contributed by atoms with van der Waals surface area (Å²) >= 11 is 0. The second kappa shape index (κ2) is 12.0. The number of hydrogen-bond donors (Lipinski definition) is 0. The number of rotatable bonds is 9. The van der Waals surface area contributed by atoms with Crippen molar-refractivity contribution in [2.24, 2.45) is 10.8 Å². The number of carbonyl (C=O) groups is 3. The number of hydrogen-bond acceptors (Lipinski definition) is 6. The molecule has 0 aliphatic rings. The van der Waals surface area contributed by atoms with Crippen LogP contribution in [0.5, 0.6) is 17.2 Å². The van der Waals surface area contributed by atoms with Crippen LogP contribution in [0.2, 0.25) is 0 Å². The minimum atomic E-state index is -0.638. The molecule has 2 aromatic rings. The van der Waals surface area contributed by atoms with Crippen molar-refractivity contribution >= 4 is 23.8 Å². The highest BCUT2D eigenvalue weighted by molar-refractivity contribution is 6.07. The number of benzene rings is 2. The first kappa shape index (κ1) is 28.8. The zero-order valence-corrected chi connectivity index (χ0v) is 22.7. The van der Waals surface area contributed by atoms with Crippen LogP contribution in [0.15, 0.2) is 42.5 Å². The highest BCUT2D eigenvalue weighted by Crippen LogP contribution is 2.33. The van der Waals surface area contributed by atoms with E-state index < -0.39 is 10.8 Å². The maximum absolute atomic E-state index is 12.8. The summed E-state index contributed by atoms with van der Waals surface area (Å²) in [7, 11) is 0. The average molecular weight is 495 g/mol. The highest BCUT2D eigenvalue weighted by Gasteiger charge is 2.25. The van der Waals surface area contributed by atoms with Crippen molar-refractivity contribution in [1.82, 2.24) is 0 Å². The molecule has 2 aromatic carbocycles. The Morgan fingerprint density at radius 3 is 1.92 bits per heavy atom. The lowest BCUT2D eigenvalue weighted by atomic mass is 9.97. The van der Waals surface area contributed by atoms with Gasteiger partial charge in [0.05, 0.1) is 17.4 Å². The van der Waals surface area contributed by atoms with E-state index in [1.165, 1.54) is 6.08 Å². The lowest BCUT2D eigenvalue weighted by Crippen LogP contribution is -2.26. The van der Waals surface area contributed by atoms with Crippen LogP contribution in [0.25, 0.3) is 6.08 Å². The fraction of sp³-hybridized carbons (Fsp3) is 0.433. The largest absolute Gasteiger partial charge is 0.493 e. The molecule has 0 saturated carbocycles. The molecule has 0 bridgehead atoms. The Morgan fingerprint density at radius 1 is 0.806 bits per heavy atom. The van der Waals surface area contributed by atoms with E-state index >= 15 is 0 Å². The number of ether oxygens (including phenoxy) is 3. The molecule has 6 heteroatoms. The maximum Gasteiger partial charge on any atom is 0.316 e. The number of esters is 2. The second-order valence-electron chi connectivity index (χ2n) is 10.7. The molecule has 0 fully saturated rings. The molecule has 0 atom stereocenters. The van der Waals surface area contributed by atoms with Gasteiger partial charge in [0.2, 0.25) is 0 Å². The van der Waals surface area contributed by atoms with Crippen molar-refractivity contribution in [3.05, 3.63) is 59.2 Å². The molecule has 2 rings (SSSR count). The van der Waals surface area contributed by atoms with Gasteiger partial charge in [0.25, 0.3) is 0 Å². The summed E-state index contributed by atoms with van der Waals surface area (Å²) in [5.41, 5.74) is 0.799. The van der Waals surface area contributed by atoms with Crippen LogP contribution in [0.4, 0.5) is 0 Å². The molecule has 0 aliphatic heterocycles. The van der Waals surface area contributed by atoms with Gasteiger partial charge in [-0.05, 0) is 103 Å². The molecular weight excluding hydrogens is 456 g/mol. The van der Waals surface area contributed by atoms with Gasteiger partial charge in [0.15, 0.2) is 5.78 Å². The highest BCUT2D eigenvalue weighted by atomic mass is 16.5. The lowest BCUT2D eigenvalue weighted by Gasteiger charge is -2.19. The van der Waals surface area contributed by atoms with E-state index in [1.807, 2.05) is 40.7 Å². The standard InChI is InChI=1S/C30H38O6/c1-9-11-21-18-22(25(34-10-2)19-26(21)36-28(33)30(6,7)8)14-17-24(31)20-12-15-23(16-13-20)35-27(32)29(3,4)5/h12-19H,9-11H2,1-8H3. The third-order valence-electron chi connectivity index (χ3n) is 5.20. The zero-order chi connectivity index (χ0) is 27.1. The van der Waals surface area contributed by atoms with Gasteiger partial charge >= 0.3 is 11.9 Å². The Kier molecular flexibility index (Phi) is 9.62. The van der Waals surface area contributed by atoms with Crippen LogP contribution in [-0.4, -0.2) is 24.3 Å². The average Bonchev–Trinajstić information content (AvgIpc) is 2.79. The topological polar surface area (TPSA) is 78.9 Å². The van der Waals surface area contributed by atoms with Crippen molar-refractivity contribution in [1.29, 1.82) is 0 Å². The van der Waals surface area contributed by atoms with Gasteiger partial charge in [-0.2, -0.15) is 0 Å². The minimum absolute atomic E-state index is 0.202. The summed E-state index contributed by atoms with van der Waals surface area (Å²) in [5, 5.41) is 0. The van der Waals surface area contributed by atoms with Gasteiger partial charge in [0, 0.05) is 17.2 Å². The van der Waals surface area contributed by atoms with Crippen LogP contribution < -0.4 is 14.2 Å². The van der Waals surface area contributed by atoms with Gasteiger partial charge in [-0.3, -0.25) is 14.4 Å². The van der Waals surface area contributed by atoms with Crippen LogP contribution in [0.1, 0.15) is 83.3 Å². The number of allylic oxidation sites excluding steroid dienone is 1. The van der Waals surface area contributed by atoms with Crippen LogP contribution in [0.3, 0.4) is 0 Å². The van der Waals surface area contributed by atoms with Crippen LogP contribution in [-0.2, 0) is 16.0 Å². The lowest BCUT2D eigenvalue weighted by molar-refractivity contribution is -0.143. The molecule has 0 heterocycles. The third kappa shape index (κ3) is 8.08. The quantitative estimate of drug-likeness (QED) is 0.164. The Labute approximate surface area is 214 Å². The van der Waals surface area contributed by atoms with Crippen molar-refractivity contribution in [3.8, 4) is 17.2 Å². The summed E-state index contributed by atoms with van der Waals surface area (Å²) in [6.07, 6.45) is 4.75. The Morgan fingerprint density at radius 2 is 1.39 bits per heavy atom. The maximum atomic E-state index is 12.8. The second-order valence-corrected chi connectivity index (χ2v) is 10.7. The Hall–Kier alpha value is -3.41. The van der Waals surface area contributed by atoms with Crippen molar-refractivity contribution in [2.75, 3.05) is 6.61 Å². The molecule has 194 valence electrons. The molecule has 0 radical (unpaired) electrons. The minimum Gasteiger partial charge on any atom is -0.493 e. The summed E-state index contributed by atoms with van der Waals surface area (Å²) in [6.45, 7) is 15.1. The van der Waals surface area contributed by atoms with E-state index in [4.69, 9.17) is 14.2 Å². The van der Waals surface area contributed by atoms with Crippen molar-refractivity contribution in [3.63, 3.8) is 0 Å². The summed E-state index contributed by atoms with van der Waals surface area (Å²) in [6, 6.07) is 10.1. The van der Waals surface area contributed by atoms with Gasteiger partial charge < -0.3 is 14.2 Å². The molecule has 0 aliphatic carbocycles. The van der Waals surface area contributed by atoms with Gasteiger partial charge in [-0.15, -0.1) is 0 Å². The van der Waals surface area contributed by atoms with E-state index in [2.05, 4.69) is 0 Å². The number of carbonyl (C=O) groups excluding carboxylic acids is 3. The molecule has 0 aromatic heterocycles. The van der Waals surface area contributed by atoms with E-state index in [-0.39, 0.29) is 17.7 Å². The molecule has 36 heavy (non-hydrogen) atoms. The first-order valence-electron chi connectivity index (χ1n) is 12.3. The number of ketones is 1. The van der Waals surface area contributed by atoms with E-state index in [0.717, 1.165) is 17.5 Å². The smallest absolute Gasteiger partial charge is 0.316 e. The molecule has 0 amide bonds. The zero-order valence-electron chi connectivity index (χ0n) is 22.7. The molecule has 0 N–H and O–H groups in total. The fourth-order valence-electron chi connectivity index (χ4n) is 3.06. The van der Waals surface area contributed by atoms with Gasteiger partial charge in [0.1, 0.15) is 17.2 Å².